The number of nitrogens with two attached hydrogens (primary N) is 1. The Balaban J connectivity index is 0. The number of rotatable bonds is 5. The molecule has 0 spiro atoms. The van der Waals surface area contributed by atoms with Gasteiger partial charge in [0.2, 0.25) is 0 Å². The minimum atomic E-state index is -1.26. The predicted octanol–water partition coefficient (Wildman–Crippen LogP) is 1.63. The highest BCUT2D eigenvalue weighted by Crippen LogP contribution is 2.14. The molecule has 0 aliphatic rings. The van der Waals surface area contributed by atoms with E-state index in [0.29, 0.717) is 12.2 Å². The normalized spacial score (nSPS) is 10.8. The van der Waals surface area contributed by atoms with Crippen molar-refractivity contribution in [3.05, 3.63) is 12.2 Å². The maximum atomic E-state index is 9.55. The average molecular weight is 231 g/mol. The standard InChI is InChI=1S/C7H17N.C4H4O4/c1-4-7(8,5-2)6-3;5-3(6)1-2-4(7)8/h4-6,8H2,1-3H3;1-2H,(H,5,6)(H,7,8). The van der Waals surface area contributed by atoms with E-state index in [4.69, 9.17) is 15.9 Å². The van der Waals surface area contributed by atoms with Gasteiger partial charge >= 0.3 is 11.9 Å². The third kappa shape index (κ3) is 10.7. The first kappa shape index (κ1) is 17.0. The van der Waals surface area contributed by atoms with Crippen LogP contribution in [0.3, 0.4) is 0 Å². The summed E-state index contributed by atoms with van der Waals surface area (Å²) in [5.41, 5.74) is 6.02. The SMILES string of the molecule is CCC(N)(CC)CC.O=C(O)C=CC(=O)O. The van der Waals surface area contributed by atoms with E-state index in [2.05, 4.69) is 20.8 Å². The molecule has 0 saturated carbocycles. The van der Waals surface area contributed by atoms with E-state index in [1.807, 2.05) is 0 Å². The van der Waals surface area contributed by atoms with Crippen LogP contribution >= 0.6 is 0 Å². The van der Waals surface area contributed by atoms with E-state index < -0.39 is 11.9 Å². The molecule has 0 saturated heterocycles. The van der Waals surface area contributed by atoms with Crippen molar-refractivity contribution >= 4 is 11.9 Å². The van der Waals surface area contributed by atoms with Gasteiger partial charge in [-0.1, -0.05) is 20.8 Å². The van der Waals surface area contributed by atoms with Crippen molar-refractivity contribution in [2.24, 2.45) is 5.73 Å². The number of carbonyl (C=O) groups is 2. The molecule has 0 bridgehead atoms. The zero-order valence-electron chi connectivity index (χ0n) is 10.1. The van der Waals surface area contributed by atoms with Crippen LogP contribution < -0.4 is 5.73 Å². The molecule has 0 rings (SSSR count). The van der Waals surface area contributed by atoms with E-state index in [-0.39, 0.29) is 5.54 Å². The third-order valence-electron chi connectivity index (χ3n) is 2.48. The van der Waals surface area contributed by atoms with E-state index >= 15 is 0 Å². The maximum Gasteiger partial charge on any atom is 0.328 e. The molecule has 0 radical (unpaired) electrons. The van der Waals surface area contributed by atoms with E-state index in [9.17, 15) is 9.59 Å². The molecule has 0 atom stereocenters. The Labute approximate surface area is 96.0 Å². The third-order valence-corrected chi connectivity index (χ3v) is 2.48. The van der Waals surface area contributed by atoms with Crippen molar-refractivity contribution in [1.82, 2.24) is 0 Å². The fourth-order valence-electron chi connectivity index (χ4n) is 0.893. The van der Waals surface area contributed by atoms with Crippen molar-refractivity contribution in [2.45, 2.75) is 45.6 Å². The highest BCUT2D eigenvalue weighted by Gasteiger charge is 2.15. The van der Waals surface area contributed by atoms with E-state index in [0.717, 1.165) is 19.3 Å². The average Bonchev–Trinajstić information content (AvgIpc) is 2.26. The predicted molar refractivity (Wildman–Crippen MR) is 62.2 cm³/mol. The Morgan fingerprint density at radius 3 is 1.31 bits per heavy atom. The Hall–Kier alpha value is -1.36. The second-order valence-electron chi connectivity index (χ2n) is 3.43. The minimum absolute atomic E-state index is 0.125. The molecule has 0 aromatic heterocycles. The number of carboxylic acid groups (broad SMARTS) is 2. The molecule has 94 valence electrons. The molecule has 0 aliphatic heterocycles. The summed E-state index contributed by atoms with van der Waals surface area (Å²) in [6, 6.07) is 0. The van der Waals surface area contributed by atoms with Crippen molar-refractivity contribution < 1.29 is 19.8 Å². The summed E-state index contributed by atoms with van der Waals surface area (Å²) >= 11 is 0. The van der Waals surface area contributed by atoms with Crippen LogP contribution in [0.5, 0.6) is 0 Å². The number of aliphatic carboxylic acids is 2. The molecule has 0 aromatic carbocycles. The van der Waals surface area contributed by atoms with Gasteiger partial charge in [-0.2, -0.15) is 0 Å². The molecule has 0 unspecified atom stereocenters. The lowest BCUT2D eigenvalue weighted by atomic mass is 9.92. The van der Waals surface area contributed by atoms with Crippen LogP contribution in [-0.4, -0.2) is 27.7 Å². The number of hydrogen-bond donors (Lipinski definition) is 3. The second kappa shape index (κ2) is 8.91. The van der Waals surface area contributed by atoms with Crippen LogP contribution in [0.1, 0.15) is 40.0 Å². The topological polar surface area (TPSA) is 101 Å². The lowest BCUT2D eigenvalue weighted by molar-refractivity contribution is -0.134. The summed E-state index contributed by atoms with van der Waals surface area (Å²) in [6.45, 7) is 6.44. The fourth-order valence-corrected chi connectivity index (χ4v) is 0.893. The van der Waals surface area contributed by atoms with Gasteiger partial charge in [0.25, 0.3) is 0 Å². The van der Waals surface area contributed by atoms with Crippen molar-refractivity contribution in [3.8, 4) is 0 Å². The molecule has 0 heterocycles. The van der Waals surface area contributed by atoms with Gasteiger partial charge in [0, 0.05) is 17.7 Å². The monoisotopic (exact) mass is 231 g/mol. The maximum absolute atomic E-state index is 9.55. The Morgan fingerprint density at radius 2 is 1.25 bits per heavy atom. The van der Waals surface area contributed by atoms with Crippen molar-refractivity contribution in [2.75, 3.05) is 0 Å². The molecule has 5 nitrogen and oxygen atoms in total. The first-order valence-corrected chi connectivity index (χ1v) is 5.24. The zero-order valence-corrected chi connectivity index (χ0v) is 10.1. The summed E-state index contributed by atoms with van der Waals surface area (Å²) in [4.78, 5) is 19.1. The van der Waals surface area contributed by atoms with Crippen LogP contribution in [-0.2, 0) is 9.59 Å². The Morgan fingerprint density at radius 1 is 1.00 bits per heavy atom. The van der Waals surface area contributed by atoms with Gasteiger partial charge in [-0.05, 0) is 19.3 Å². The van der Waals surface area contributed by atoms with Crippen LogP contribution in [0.15, 0.2) is 12.2 Å². The van der Waals surface area contributed by atoms with E-state index in [1.54, 1.807) is 0 Å². The van der Waals surface area contributed by atoms with Gasteiger partial charge < -0.3 is 15.9 Å². The first-order valence-electron chi connectivity index (χ1n) is 5.24. The molecular weight excluding hydrogens is 210 g/mol. The second-order valence-corrected chi connectivity index (χ2v) is 3.43. The Bertz CT molecular complexity index is 220. The van der Waals surface area contributed by atoms with Crippen LogP contribution in [0.4, 0.5) is 0 Å². The largest absolute Gasteiger partial charge is 0.478 e. The molecule has 5 heteroatoms. The quantitative estimate of drug-likeness (QED) is 0.624. The molecule has 0 fully saturated rings. The Kier molecular flexibility index (Phi) is 9.49. The van der Waals surface area contributed by atoms with Crippen LogP contribution in [0.25, 0.3) is 0 Å². The summed E-state index contributed by atoms with van der Waals surface area (Å²) in [6.07, 6.45) is 4.41. The highest BCUT2D eigenvalue weighted by atomic mass is 16.4. The fraction of sp³-hybridized carbons (Fsp3) is 0.636. The molecule has 4 N–H and O–H groups in total. The summed E-state index contributed by atoms with van der Waals surface area (Å²) < 4.78 is 0. The molecule has 0 aliphatic carbocycles. The van der Waals surface area contributed by atoms with Gasteiger partial charge in [-0.3, -0.25) is 0 Å². The summed E-state index contributed by atoms with van der Waals surface area (Å²) in [5.74, 6) is -2.51. The molecule has 0 aromatic rings. The molecular formula is C11H21NO4. The van der Waals surface area contributed by atoms with Crippen molar-refractivity contribution in [1.29, 1.82) is 0 Å². The lowest BCUT2D eigenvalue weighted by Crippen LogP contribution is -2.37. The van der Waals surface area contributed by atoms with E-state index in [1.165, 1.54) is 0 Å². The van der Waals surface area contributed by atoms with Gasteiger partial charge in [0.05, 0.1) is 0 Å². The van der Waals surface area contributed by atoms with Crippen LogP contribution in [0, 0.1) is 0 Å². The lowest BCUT2D eigenvalue weighted by Gasteiger charge is -2.23. The summed E-state index contributed by atoms with van der Waals surface area (Å²) in [7, 11) is 0. The van der Waals surface area contributed by atoms with Gasteiger partial charge in [-0.15, -0.1) is 0 Å². The number of carboxylic acids is 2. The van der Waals surface area contributed by atoms with Gasteiger partial charge in [-0.25, -0.2) is 9.59 Å². The smallest absolute Gasteiger partial charge is 0.328 e. The van der Waals surface area contributed by atoms with Gasteiger partial charge in [0.1, 0.15) is 0 Å². The summed E-state index contributed by atoms with van der Waals surface area (Å²) in [5, 5.41) is 15.6. The van der Waals surface area contributed by atoms with Gasteiger partial charge in [0.15, 0.2) is 0 Å². The van der Waals surface area contributed by atoms with Crippen LogP contribution in [0.2, 0.25) is 0 Å². The minimum Gasteiger partial charge on any atom is -0.478 e. The highest BCUT2D eigenvalue weighted by molar-refractivity contribution is 5.89. The zero-order chi connectivity index (χ0) is 13.2. The molecule has 0 amide bonds. The van der Waals surface area contributed by atoms with Crippen molar-refractivity contribution in [3.63, 3.8) is 0 Å². The molecule has 16 heavy (non-hydrogen) atoms. The number of hydrogen-bond acceptors (Lipinski definition) is 3. The first-order chi connectivity index (χ1) is 7.31.